The lowest BCUT2D eigenvalue weighted by Crippen LogP contribution is -2.65. The van der Waals surface area contributed by atoms with Gasteiger partial charge in [-0.1, -0.05) is 19.9 Å². The molecule has 0 amide bonds. The molecule has 0 aromatic heterocycles. The van der Waals surface area contributed by atoms with Crippen LogP contribution in [0.2, 0.25) is 0 Å². The Morgan fingerprint density at radius 3 is 2.78 bits per heavy atom. The minimum absolute atomic E-state index is 0.0924. The van der Waals surface area contributed by atoms with E-state index in [1.165, 1.54) is 6.42 Å². The lowest BCUT2D eigenvalue weighted by atomic mass is 9.43. The minimum atomic E-state index is -0.256. The van der Waals surface area contributed by atoms with Crippen LogP contribution < -0.4 is 5.73 Å². The quantitative estimate of drug-likeness (QED) is 0.615. The molecule has 0 aromatic rings. The Morgan fingerprint density at radius 2 is 2.17 bits per heavy atom. The average Bonchev–Trinajstić information content (AvgIpc) is 2.65. The minimum Gasteiger partial charge on any atom is -0.404 e. The average molecular weight is 249 g/mol. The van der Waals surface area contributed by atoms with E-state index in [0.29, 0.717) is 11.3 Å². The lowest BCUT2D eigenvalue weighted by Gasteiger charge is -2.64. The standard InChI is InChI=1S/C14H24BNO2/c1-5-6-12(16)15-17-11-8-9-7-10(13(9,2)3)14(11,4)18-15/h5,9-12H,1,6-8,16H2,2-4H3/t9-,10+,11-,12+,14+/m0/s1. The molecule has 0 unspecified atom stereocenters. The Labute approximate surface area is 110 Å². The highest BCUT2D eigenvalue weighted by Gasteiger charge is 2.68. The van der Waals surface area contributed by atoms with Gasteiger partial charge in [-0.25, -0.2) is 0 Å². The van der Waals surface area contributed by atoms with E-state index < -0.39 is 0 Å². The fourth-order valence-electron chi connectivity index (χ4n) is 4.39. The lowest BCUT2D eigenvalue weighted by molar-refractivity contribution is -0.199. The van der Waals surface area contributed by atoms with Gasteiger partial charge in [0.05, 0.1) is 11.7 Å². The second-order valence-corrected chi connectivity index (χ2v) is 7.03. The zero-order chi connectivity index (χ0) is 13.1. The van der Waals surface area contributed by atoms with Crippen LogP contribution in [0.4, 0.5) is 0 Å². The molecule has 0 radical (unpaired) electrons. The van der Waals surface area contributed by atoms with E-state index in [2.05, 4.69) is 27.4 Å². The van der Waals surface area contributed by atoms with E-state index in [0.717, 1.165) is 18.8 Å². The Morgan fingerprint density at radius 1 is 1.44 bits per heavy atom. The van der Waals surface area contributed by atoms with Crippen molar-refractivity contribution >= 4 is 7.12 Å². The first-order chi connectivity index (χ1) is 8.39. The van der Waals surface area contributed by atoms with E-state index in [9.17, 15) is 0 Å². The van der Waals surface area contributed by atoms with Crippen molar-refractivity contribution in [1.82, 2.24) is 0 Å². The summed E-state index contributed by atoms with van der Waals surface area (Å²) in [6, 6.07) is 0. The van der Waals surface area contributed by atoms with Gasteiger partial charge in [0.15, 0.2) is 0 Å². The molecule has 4 aliphatic rings. The number of nitrogens with two attached hydrogens (primary N) is 1. The zero-order valence-electron chi connectivity index (χ0n) is 11.7. The van der Waals surface area contributed by atoms with Crippen LogP contribution >= 0.6 is 0 Å². The highest BCUT2D eigenvalue weighted by atomic mass is 16.7. The first-order valence-corrected chi connectivity index (χ1v) is 7.09. The van der Waals surface area contributed by atoms with Gasteiger partial charge < -0.3 is 15.0 Å². The summed E-state index contributed by atoms with van der Waals surface area (Å²) in [4.78, 5) is 0. The number of rotatable bonds is 3. The second-order valence-electron chi connectivity index (χ2n) is 7.03. The van der Waals surface area contributed by atoms with Crippen molar-refractivity contribution in [2.24, 2.45) is 23.0 Å². The summed E-state index contributed by atoms with van der Waals surface area (Å²) in [6.07, 6.45) is 5.22. The van der Waals surface area contributed by atoms with Crippen LogP contribution in [0.1, 0.15) is 40.0 Å². The predicted molar refractivity (Wildman–Crippen MR) is 72.9 cm³/mol. The van der Waals surface area contributed by atoms with Crippen molar-refractivity contribution in [1.29, 1.82) is 0 Å². The molecule has 18 heavy (non-hydrogen) atoms. The first-order valence-electron chi connectivity index (χ1n) is 7.09. The van der Waals surface area contributed by atoms with Crippen LogP contribution in [-0.2, 0) is 9.31 Å². The normalized spacial score (nSPS) is 46.2. The third-order valence-corrected chi connectivity index (χ3v) is 5.76. The van der Waals surface area contributed by atoms with Crippen molar-refractivity contribution in [2.75, 3.05) is 0 Å². The molecule has 2 bridgehead atoms. The summed E-state index contributed by atoms with van der Waals surface area (Å²) in [5, 5.41) is 0. The first kappa shape index (κ1) is 12.7. The molecule has 0 spiro atoms. The molecule has 100 valence electrons. The van der Waals surface area contributed by atoms with Crippen LogP contribution in [0.15, 0.2) is 12.7 Å². The van der Waals surface area contributed by atoms with Gasteiger partial charge in [-0.3, -0.25) is 0 Å². The van der Waals surface area contributed by atoms with E-state index in [4.69, 9.17) is 15.0 Å². The molecule has 4 heteroatoms. The molecular weight excluding hydrogens is 225 g/mol. The fourth-order valence-corrected chi connectivity index (χ4v) is 4.39. The van der Waals surface area contributed by atoms with Gasteiger partial charge in [0, 0.05) is 5.94 Å². The third-order valence-electron chi connectivity index (χ3n) is 5.76. The van der Waals surface area contributed by atoms with Crippen molar-refractivity contribution in [3.05, 3.63) is 12.7 Å². The largest absolute Gasteiger partial charge is 0.475 e. The molecule has 1 heterocycles. The number of hydrogen-bond acceptors (Lipinski definition) is 3. The Hall–Kier alpha value is -0.315. The van der Waals surface area contributed by atoms with Crippen LogP contribution in [-0.4, -0.2) is 24.8 Å². The van der Waals surface area contributed by atoms with Gasteiger partial charge in [0.25, 0.3) is 0 Å². The van der Waals surface area contributed by atoms with Gasteiger partial charge >= 0.3 is 7.12 Å². The molecular formula is C14H24BNO2. The predicted octanol–water partition coefficient (Wildman–Crippen LogP) is 2.16. The van der Waals surface area contributed by atoms with E-state index >= 15 is 0 Å². The molecule has 1 saturated heterocycles. The summed E-state index contributed by atoms with van der Waals surface area (Å²) >= 11 is 0. The molecule has 4 fully saturated rings. The SMILES string of the molecule is C=CC[C@@H](N)B1O[C@H]2C[C@@H]3C[C@H](C3(C)C)[C@@]2(C)O1. The molecule has 3 saturated carbocycles. The summed E-state index contributed by atoms with van der Waals surface area (Å²) in [6.45, 7) is 10.7. The van der Waals surface area contributed by atoms with E-state index in [-0.39, 0.29) is 24.8 Å². The third kappa shape index (κ3) is 1.49. The zero-order valence-corrected chi connectivity index (χ0v) is 11.7. The molecule has 1 aliphatic heterocycles. The van der Waals surface area contributed by atoms with E-state index in [1.807, 2.05) is 6.08 Å². The maximum Gasteiger partial charge on any atom is 0.475 e. The summed E-state index contributed by atoms with van der Waals surface area (Å²) in [7, 11) is -0.256. The van der Waals surface area contributed by atoms with Crippen molar-refractivity contribution in [3.63, 3.8) is 0 Å². The maximum atomic E-state index is 6.26. The van der Waals surface area contributed by atoms with Crippen molar-refractivity contribution < 1.29 is 9.31 Å². The Kier molecular flexibility index (Phi) is 2.71. The second kappa shape index (κ2) is 3.84. The molecule has 3 aliphatic carbocycles. The van der Waals surface area contributed by atoms with Gasteiger partial charge in [-0.05, 0) is 43.4 Å². The van der Waals surface area contributed by atoms with Crippen LogP contribution in [0, 0.1) is 17.3 Å². The highest BCUT2D eigenvalue weighted by molar-refractivity contribution is 6.47. The maximum absolute atomic E-state index is 6.26. The highest BCUT2D eigenvalue weighted by Crippen LogP contribution is 2.65. The fraction of sp³-hybridized carbons (Fsp3) is 0.857. The van der Waals surface area contributed by atoms with E-state index in [1.54, 1.807) is 0 Å². The van der Waals surface area contributed by atoms with Gasteiger partial charge in [-0.2, -0.15) is 0 Å². The van der Waals surface area contributed by atoms with Gasteiger partial charge in [0.2, 0.25) is 0 Å². The summed E-state index contributed by atoms with van der Waals surface area (Å²) in [5.74, 6) is 1.30. The summed E-state index contributed by atoms with van der Waals surface area (Å²) in [5.41, 5.74) is 6.37. The Bertz CT molecular complexity index is 373. The van der Waals surface area contributed by atoms with Crippen molar-refractivity contribution in [3.8, 4) is 0 Å². The molecule has 2 N–H and O–H groups in total. The van der Waals surface area contributed by atoms with Crippen LogP contribution in [0.3, 0.4) is 0 Å². The molecule has 4 rings (SSSR count). The van der Waals surface area contributed by atoms with Gasteiger partial charge in [-0.15, -0.1) is 6.58 Å². The smallest absolute Gasteiger partial charge is 0.404 e. The van der Waals surface area contributed by atoms with Crippen LogP contribution in [0.25, 0.3) is 0 Å². The van der Waals surface area contributed by atoms with Gasteiger partial charge in [0.1, 0.15) is 0 Å². The molecule has 5 atom stereocenters. The van der Waals surface area contributed by atoms with Crippen LogP contribution in [0.5, 0.6) is 0 Å². The van der Waals surface area contributed by atoms with Crippen molar-refractivity contribution in [2.45, 2.75) is 57.7 Å². The Balaban J connectivity index is 1.78. The molecule has 3 nitrogen and oxygen atoms in total. The topological polar surface area (TPSA) is 44.5 Å². The summed E-state index contributed by atoms with van der Waals surface area (Å²) < 4.78 is 12.3. The molecule has 0 aromatic carbocycles. The monoisotopic (exact) mass is 249 g/mol. The number of hydrogen-bond donors (Lipinski definition) is 1.